The molecule has 0 heterocycles. The van der Waals surface area contributed by atoms with E-state index in [1.807, 2.05) is 12.1 Å². The van der Waals surface area contributed by atoms with Crippen molar-refractivity contribution >= 4 is 29.0 Å². The summed E-state index contributed by atoms with van der Waals surface area (Å²) in [6.45, 7) is 2.14. The van der Waals surface area contributed by atoms with E-state index in [-0.39, 0.29) is 12.0 Å². The molecule has 0 saturated carbocycles. The lowest BCUT2D eigenvalue weighted by Crippen LogP contribution is -2.34. The van der Waals surface area contributed by atoms with Crippen molar-refractivity contribution in [3.05, 3.63) is 59.2 Å². The van der Waals surface area contributed by atoms with Gasteiger partial charge in [-0.1, -0.05) is 12.1 Å². The maximum absolute atomic E-state index is 11.9. The van der Waals surface area contributed by atoms with Gasteiger partial charge in [-0.05, 0) is 79.9 Å². The Morgan fingerprint density at radius 2 is 2.11 bits per heavy atom. The standard InChI is InChI=1S/C21H24N2O3S/c1-3-26-20(24)15-7-4-8-16(12-15)22-21(27)23-19-9-5-6-14-13-17(25-2)10-11-18(14)19/h4,7-8,10-13,19H,3,5-6,9H2,1-2H3,(H2,22,23,27)/t19-/m1/s1. The SMILES string of the molecule is CCOC(=O)c1cccc(NC(=S)N[C@@H]2CCCc3cc(OC)ccc32)c1. The van der Waals surface area contributed by atoms with E-state index in [4.69, 9.17) is 21.7 Å². The number of esters is 1. The maximum atomic E-state index is 11.9. The third kappa shape index (κ3) is 4.77. The molecule has 3 rings (SSSR count). The van der Waals surface area contributed by atoms with Gasteiger partial charge in [0.2, 0.25) is 0 Å². The summed E-state index contributed by atoms with van der Waals surface area (Å²) >= 11 is 5.49. The first kappa shape index (κ1) is 19.2. The van der Waals surface area contributed by atoms with Crippen LogP contribution in [-0.4, -0.2) is 24.8 Å². The number of rotatable bonds is 5. The summed E-state index contributed by atoms with van der Waals surface area (Å²) in [7, 11) is 1.68. The van der Waals surface area contributed by atoms with E-state index < -0.39 is 0 Å². The largest absolute Gasteiger partial charge is 0.497 e. The topological polar surface area (TPSA) is 59.6 Å². The third-order valence-corrected chi connectivity index (χ3v) is 4.82. The zero-order valence-corrected chi connectivity index (χ0v) is 16.4. The number of hydrogen-bond acceptors (Lipinski definition) is 4. The van der Waals surface area contributed by atoms with Crippen LogP contribution >= 0.6 is 12.2 Å². The van der Waals surface area contributed by atoms with E-state index in [9.17, 15) is 4.79 Å². The fourth-order valence-electron chi connectivity index (χ4n) is 3.33. The molecule has 0 saturated heterocycles. The highest BCUT2D eigenvalue weighted by molar-refractivity contribution is 7.80. The second kappa shape index (κ2) is 8.86. The smallest absolute Gasteiger partial charge is 0.338 e. The number of methoxy groups -OCH3 is 1. The Kier molecular flexibility index (Phi) is 6.29. The Morgan fingerprint density at radius 3 is 2.89 bits per heavy atom. The predicted molar refractivity (Wildman–Crippen MR) is 110 cm³/mol. The van der Waals surface area contributed by atoms with Crippen molar-refractivity contribution in [1.29, 1.82) is 0 Å². The minimum atomic E-state index is -0.338. The van der Waals surface area contributed by atoms with Gasteiger partial charge in [0, 0.05) is 5.69 Å². The number of ether oxygens (including phenoxy) is 2. The Balaban J connectivity index is 1.67. The fourth-order valence-corrected chi connectivity index (χ4v) is 3.59. The van der Waals surface area contributed by atoms with Crippen LogP contribution in [0.4, 0.5) is 5.69 Å². The predicted octanol–water partition coefficient (Wildman–Crippen LogP) is 4.24. The molecular formula is C21H24N2O3S. The number of nitrogens with one attached hydrogen (secondary N) is 2. The number of hydrogen-bond donors (Lipinski definition) is 2. The lowest BCUT2D eigenvalue weighted by molar-refractivity contribution is 0.0526. The molecular weight excluding hydrogens is 360 g/mol. The van der Waals surface area contributed by atoms with Gasteiger partial charge in [-0.25, -0.2) is 4.79 Å². The third-order valence-electron chi connectivity index (χ3n) is 4.60. The number of carbonyl (C=O) groups is 1. The van der Waals surface area contributed by atoms with Gasteiger partial charge in [-0.15, -0.1) is 0 Å². The van der Waals surface area contributed by atoms with Crippen LogP contribution in [0.15, 0.2) is 42.5 Å². The van der Waals surface area contributed by atoms with Crippen LogP contribution in [-0.2, 0) is 11.2 Å². The molecule has 2 aromatic rings. The van der Waals surface area contributed by atoms with Crippen LogP contribution in [0.25, 0.3) is 0 Å². The highest BCUT2D eigenvalue weighted by Crippen LogP contribution is 2.32. The Hall–Kier alpha value is -2.60. The molecule has 0 aromatic heterocycles. The summed E-state index contributed by atoms with van der Waals surface area (Å²) in [6.07, 6.45) is 3.16. The minimum absolute atomic E-state index is 0.160. The molecule has 0 unspecified atom stereocenters. The quantitative estimate of drug-likeness (QED) is 0.594. The number of aryl methyl sites for hydroxylation is 1. The van der Waals surface area contributed by atoms with Crippen molar-refractivity contribution in [2.45, 2.75) is 32.2 Å². The van der Waals surface area contributed by atoms with E-state index in [2.05, 4.69) is 22.8 Å². The second-order valence-electron chi connectivity index (χ2n) is 6.41. The Labute approximate surface area is 165 Å². The van der Waals surface area contributed by atoms with Gasteiger partial charge in [0.1, 0.15) is 5.75 Å². The van der Waals surface area contributed by atoms with E-state index in [1.165, 1.54) is 11.1 Å². The first-order chi connectivity index (χ1) is 13.1. The number of anilines is 1. The highest BCUT2D eigenvalue weighted by atomic mass is 32.1. The van der Waals surface area contributed by atoms with Gasteiger partial charge < -0.3 is 20.1 Å². The number of thiocarbonyl (C=S) groups is 1. The van der Waals surface area contributed by atoms with Gasteiger partial charge in [-0.3, -0.25) is 0 Å². The fraction of sp³-hybridized carbons (Fsp3) is 0.333. The Morgan fingerprint density at radius 1 is 1.26 bits per heavy atom. The number of carbonyl (C=O) groups excluding carboxylic acids is 1. The summed E-state index contributed by atoms with van der Waals surface area (Å²) in [5.41, 5.74) is 3.81. The van der Waals surface area contributed by atoms with E-state index in [0.29, 0.717) is 17.3 Å². The molecule has 1 aliphatic rings. The summed E-state index contributed by atoms with van der Waals surface area (Å²) in [5.74, 6) is 0.543. The molecule has 0 fully saturated rings. The molecule has 0 radical (unpaired) electrons. The van der Waals surface area contributed by atoms with Crippen molar-refractivity contribution in [1.82, 2.24) is 5.32 Å². The van der Waals surface area contributed by atoms with Gasteiger partial charge in [-0.2, -0.15) is 0 Å². The van der Waals surface area contributed by atoms with Crippen molar-refractivity contribution in [2.75, 3.05) is 19.0 Å². The van der Waals surface area contributed by atoms with Crippen LogP contribution < -0.4 is 15.4 Å². The molecule has 0 amide bonds. The molecule has 2 aromatic carbocycles. The summed E-state index contributed by atoms with van der Waals surface area (Å²) in [5, 5.41) is 7.10. The van der Waals surface area contributed by atoms with Crippen LogP contribution in [0, 0.1) is 0 Å². The molecule has 142 valence electrons. The minimum Gasteiger partial charge on any atom is -0.497 e. The normalized spacial score (nSPS) is 15.4. The van der Waals surface area contributed by atoms with Crippen molar-refractivity contribution < 1.29 is 14.3 Å². The van der Waals surface area contributed by atoms with Gasteiger partial charge in [0.25, 0.3) is 0 Å². The molecule has 6 heteroatoms. The highest BCUT2D eigenvalue weighted by Gasteiger charge is 2.21. The van der Waals surface area contributed by atoms with Crippen molar-refractivity contribution in [3.8, 4) is 5.75 Å². The summed E-state index contributed by atoms with van der Waals surface area (Å²) in [4.78, 5) is 11.9. The molecule has 5 nitrogen and oxygen atoms in total. The monoisotopic (exact) mass is 384 g/mol. The van der Waals surface area contributed by atoms with E-state index >= 15 is 0 Å². The van der Waals surface area contributed by atoms with Gasteiger partial charge in [0.05, 0.1) is 25.3 Å². The molecule has 2 N–H and O–H groups in total. The average Bonchev–Trinajstić information content (AvgIpc) is 2.68. The average molecular weight is 385 g/mol. The van der Waals surface area contributed by atoms with Gasteiger partial charge in [0.15, 0.2) is 5.11 Å². The first-order valence-electron chi connectivity index (χ1n) is 9.12. The van der Waals surface area contributed by atoms with Gasteiger partial charge >= 0.3 is 5.97 Å². The van der Waals surface area contributed by atoms with Crippen LogP contribution in [0.1, 0.15) is 47.3 Å². The second-order valence-corrected chi connectivity index (χ2v) is 6.82. The molecule has 0 spiro atoms. The zero-order valence-electron chi connectivity index (χ0n) is 15.6. The molecule has 1 atom stereocenters. The summed E-state index contributed by atoms with van der Waals surface area (Å²) < 4.78 is 10.4. The van der Waals surface area contributed by atoms with Crippen molar-refractivity contribution in [2.24, 2.45) is 0 Å². The van der Waals surface area contributed by atoms with Crippen molar-refractivity contribution in [3.63, 3.8) is 0 Å². The molecule has 0 aliphatic heterocycles. The zero-order chi connectivity index (χ0) is 19.2. The maximum Gasteiger partial charge on any atom is 0.338 e. The van der Waals surface area contributed by atoms with Crippen LogP contribution in [0.3, 0.4) is 0 Å². The summed E-state index contributed by atoms with van der Waals surface area (Å²) in [6, 6.07) is 13.5. The number of fused-ring (bicyclic) bond motifs is 1. The van der Waals surface area contributed by atoms with Crippen LogP contribution in [0.2, 0.25) is 0 Å². The molecule has 1 aliphatic carbocycles. The lowest BCUT2D eigenvalue weighted by Gasteiger charge is -2.28. The first-order valence-corrected chi connectivity index (χ1v) is 9.53. The van der Waals surface area contributed by atoms with E-state index in [1.54, 1.807) is 32.2 Å². The number of benzene rings is 2. The lowest BCUT2D eigenvalue weighted by atomic mass is 9.87. The Bertz CT molecular complexity index is 838. The van der Waals surface area contributed by atoms with Crippen LogP contribution in [0.5, 0.6) is 5.75 Å². The van der Waals surface area contributed by atoms with E-state index in [0.717, 1.165) is 30.7 Å². The molecule has 0 bridgehead atoms. The molecule has 27 heavy (non-hydrogen) atoms.